The minimum absolute atomic E-state index is 0.0979. The minimum atomic E-state index is 0.0979. The molecule has 1 amide bonds. The van der Waals surface area contributed by atoms with E-state index in [4.69, 9.17) is 5.73 Å². The van der Waals surface area contributed by atoms with Gasteiger partial charge in [0.1, 0.15) is 0 Å². The molecular weight excluding hydrogens is 214 g/mol. The molecule has 0 bridgehead atoms. The van der Waals surface area contributed by atoms with Gasteiger partial charge < -0.3 is 10.6 Å². The third-order valence-electron chi connectivity index (χ3n) is 3.27. The number of pyridine rings is 1. The van der Waals surface area contributed by atoms with Gasteiger partial charge in [0.15, 0.2) is 0 Å². The summed E-state index contributed by atoms with van der Waals surface area (Å²) < 4.78 is 0. The third kappa shape index (κ3) is 2.82. The van der Waals surface area contributed by atoms with E-state index in [2.05, 4.69) is 4.98 Å². The Morgan fingerprint density at radius 3 is 3.12 bits per heavy atom. The van der Waals surface area contributed by atoms with Crippen LogP contribution in [0.2, 0.25) is 0 Å². The van der Waals surface area contributed by atoms with Crippen LogP contribution in [-0.2, 0) is 0 Å². The molecule has 4 heteroatoms. The maximum Gasteiger partial charge on any atom is 0.255 e. The highest BCUT2D eigenvalue weighted by atomic mass is 16.2. The Hall–Kier alpha value is -1.42. The van der Waals surface area contributed by atoms with Crippen molar-refractivity contribution in [1.29, 1.82) is 0 Å². The molecule has 1 unspecified atom stereocenters. The van der Waals surface area contributed by atoms with Crippen molar-refractivity contribution < 1.29 is 4.79 Å². The van der Waals surface area contributed by atoms with Gasteiger partial charge in [0, 0.05) is 25.5 Å². The fourth-order valence-electron chi connectivity index (χ4n) is 2.34. The molecule has 2 rings (SSSR count). The summed E-state index contributed by atoms with van der Waals surface area (Å²) in [5.41, 5.74) is 7.26. The van der Waals surface area contributed by atoms with Crippen molar-refractivity contribution in [3.05, 3.63) is 29.6 Å². The van der Waals surface area contributed by atoms with Crippen molar-refractivity contribution >= 4 is 5.91 Å². The molecule has 1 atom stereocenters. The average Bonchev–Trinajstić information content (AvgIpc) is 2.77. The molecule has 1 aromatic heterocycles. The van der Waals surface area contributed by atoms with Crippen LogP contribution >= 0.6 is 0 Å². The molecule has 1 aliphatic rings. The summed E-state index contributed by atoms with van der Waals surface area (Å²) in [6.45, 7) is 4.34. The lowest BCUT2D eigenvalue weighted by molar-refractivity contribution is 0.0786. The van der Waals surface area contributed by atoms with E-state index in [-0.39, 0.29) is 5.91 Å². The number of carbonyl (C=O) groups excluding carboxylic acids is 1. The van der Waals surface area contributed by atoms with E-state index < -0.39 is 0 Å². The van der Waals surface area contributed by atoms with Gasteiger partial charge in [-0.05, 0) is 43.9 Å². The number of carbonyl (C=O) groups is 1. The van der Waals surface area contributed by atoms with E-state index in [9.17, 15) is 4.79 Å². The Labute approximate surface area is 102 Å². The fraction of sp³-hybridized carbons (Fsp3) is 0.538. The van der Waals surface area contributed by atoms with Crippen LogP contribution in [0.4, 0.5) is 0 Å². The zero-order chi connectivity index (χ0) is 12.3. The van der Waals surface area contributed by atoms with Crippen LogP contribution in [0.15, 0.2) is 18.5 Å². The molecule has 1 aliphatic heterocycles. The van der Waals surface area contributed by atoms with E-state index >= 15 is 0 Å². The molecule has 0 aromatic carbocycles. The second-order valence-corrected chi connectivity index (χ2v) is 4.73. The first kappa shape index (κ1) is 12.0. The molecule has 17 heavy (non-hydrogen) atoms. The van der Waals surface area contributed by atoms with Crippen molar-refractivity contribution in [2.75, 3.05) is 19.6 Å². The molecule has 1 fully saturated rings. The topological polar surface area (TPSA) is 59.2 Å². The predicted molar refractivity (Wildman–Crippen MR) is 66.7 cm³/mol. The van der Waals surface area contributed by atoms with E-state index in [1.54, 1.807) is 12.4 Å². The van der Waals surface area contributed by atoms with Gasteiger partial charge in [-0.25, -0.2) is 0 Å². The number of nitrogens with two attached hydrogens (primary N) is 1. The van der Waals surface area contributed by atoms with Crippen LogP contribution in [0.5, 0.6) is 0 Å². The number of nitrogens with zero attached hydrogens (tertiary/aromatic N) is 2. The number of rotatable bonds is 3. The predicted octanol–water partition coefficient (Wildman–Crippen LogP) is 1.20. The SMILES string of the molecule is Cc1cncc(C(=O)N2CCC(CCN)C2)c1. The first-order valence-electron chi connectivity index (χ1n) is 6.11. The largest absolute Gasteiger partial charge is 0.338 e. The molecule has 4 nitrogen and oxygen atoms in total. The monoisotopic (exact) mass is 233 g/mol. The smallest absolute Gasteiger partial charge is 0.255 e. The van der Waals surface area contributed by atoms with Crippen molar-refractivity contribution in [2.45, 2.75) is 19.8 Å². The molecule has 2 heterocycles. The molecule has 0 saturated carbocycles. The van der Waals surface area contributed by atoms with Gasteiger partial charge in [0.05, 0.1) is 5.56 Å². The highest BCUT2D eigenvalue weighted by Crippen LogP contribution is 2.20. The van der Waals surface area contributed by atoms with Gasteiger partial charge in [0.25, 0.3) is 5.91 Å². The van der Waals surface area contributed by atoms with Crippen LogP contribution in [0.3, 0.4) is 0 Å². The van der Waals surface area contributed by atoms with Crippen molar-refractivity contribution in [1.82, 2.24) is 9.88 Å². The standard InChI is InChI=1S/C13H19N3O/c1-10-6-12(8-15-7-10)13(17)16-5-3-11(9-16)2-4-14/h6-8,11H,2-5,9,14H2,1H3. The Bertz CT molecular complexity index is 405. The number of amides is 1. The number of aryl methyl sites for hydroxylation is 1. The van der Waals surface area contributed by atoms with Crippen LogP contribution in [0.1, 0.15) is 28.8 Å². The van der Waals surface area contributed by atoms with E-state index in [0.29, 0.717) is 18.0 Å². The second-order valence-electron chi connectivity index (χ2n) is 4.73. The van der Waals surface area contributed by atoms with Crippen LogP contribution in [0.25, 0.3) is 0 Å². The maximum atomic E-state index is 12.2. The van der Waals surface area contributed by atoms with Gasteiger partial charge in [0.2, 0.25) is 0 Å². The van der Waals surface area contributed by atoms with Gasteiger partial charge in [-0.15, -0.1) is 0 Å². The Morgan fingerprint density at radius 2 is 2.41 bits per heavy atom. The summed E-state index contributed by atoms with van der Waals surface area (Å²) in [6, 6.07) is 1.89. The summed E-state index contributed by atoms with van der Waals surface area (Å²) in [7, 11) is 0. The molecule has 0 aliphatic carbocycles. The normalized spacial score (nSPS) is 19.6. The van der Waals surface area contributed by atoms with E-state index in [1.807, 2.05) is 17.9 Å². The zero-order valence-corrected chi connectivity index (χ0v) is 10.2. The number of hydrogen-bond donors (Lipinski definition) is 1. The molecule has 0 radical (unpaired) electrons. The molecule has 2 N–H and O–H groups in total. The third-order valence-corrected chi connectivity index (χ3v) is 3.27. The first-order chi connectivity index (χ1) is 8.20. The number of hydrogen-bond acceptors (Lipinski definition) is 3. The summed E-state index contributed by atoms with van der Waals surface area (Å²) in [6.07, 6.45) is 5.49. The lowest BCUT2D eigenvalue weighted by Crippen LogP contribution is -2.29. The Balaban J connectivity index is 2.02. The minimum Gasteiger partial charge on any atom is -0.338 e. The number of aromatic nitrogens is 1. The lowest BCUT2D eigenvalue weighted by atomic mass is 10.1. The van der Waals surface area contributed by atoms with Crippen molar-refractivity contribution in [2.24, 2.45) is 11.7 Å². The first-order valence-corrected chi connectivity index (χ1v) is 6.11. The van der Waals surface area contributed by atoms with Gasteiger partial charge in [-0.3, -0.25) is 9.78 Å². The van der Waals surface area contributed by atoms with Gasteiger partial charge >= 0.3 is 0 Å². The quantitative estimate of drug-likeness (QED) is 0.853. The second kappa shape index (κ2) is 5.27. The van der Waals surface area contributed by atoms with Crippen molar-refractivity contribution in [3.63, 3.8) is 0 Å². The highest BCUT2D eigenvalue weighted by molar-refractivity contribution is 5.94. The van der Waals surface area contributed by atoms with Crippen LogP contribution < -0.4 is 5.73 Å². The molecule has 92 valence electrons. The summed E-state index contributed by atoms with van der Waals surface area (Å²) in [5.74, 6) is 0.669. The molecule has 1 saturated heterocycles. The Morgan fingerprint density at radius 1 is 1.59 bits per heavy atom. The summed E-state index contributed by atoms with van der Waals surface area (Å²) >= 11 is 0. The number of likely N-dealkylation sites (tertiary alicyclic amines) is 1. The van der Waals surface area contributed by atoms with Crippen LogP contribution in [0, 0.1) is 12.8 Å². The highest BCUT2D eigenvalue weighted by Gasteiger charge is 2.26. The lowest BCUT2D eigenvalue weighted by Gasteiger charge is -2.16. The van der Waals surface area contributed by atoms with E-state index in [0.717, 1.165) is 31.5 Å². The molecule has 0 spiro atoms. The fourth-order valence-corrected chi connectivity index (χ4v) is 2.34. The van der Waals surface area contributed by atoms with Gasteiger partial charge in [-0.2, -0.15) is 0 Å². The van der Waals surface area contributed by atoms with E-state index in [1.165, 1.54) is 0 Å². The summed E-state index contributed by atoms with van der Waals surface area (Å²) in [5, 5.41) is 0. The maximum absolute atomic E-state index is 12.2. The zero-order valence-electron chi connectivity index (χ0n) is 10.2. The average molecular weight is 233 g/mol. The summed E-state index contributed by atoms with van der Waals surface area (Å²) in [4.78, 5) is 18.2. The van der Waals surface area contributed by atoms with Gasteiger partial charge in [-0.1, -0.05) is 0 Å². The van der Waals surface area contributed by atoms with Crippen LogP contribution in [-0.4, -0.2) is 35.4 Å². The molecule has 1 aromatic rings. The molecular formula is C13H19N3O. The Kier molecular flexibility index (Phi) is 3.74. The van der Waals surface area contributed by atoms with Crippen molar-refractivity contribution in [3.8, 4) is 0 Å².